The average molecular weight is 340 g/mol. The summed E-state index contributed by atoms with van der Waals surface area (Å²) in [4.78, 5) is 25.3. The van der Waals surface area contributed by atoms with Gasteiger partial charge in [0.15, 0.2) is 6.61 Å². The summed E-state index contributed by atoms with van der Waals surface area (Å²) in [5.41, 5.74) is 3.59. The molecule has 2 amide bonds. The summed E-state index contributed by atoms with van der Waals surface area (Å²) in [6, 6.07) is 13.1. The first-order valence-corrected chi connectivity index (χ1v) is 8.15. The molecule has 0 radical (unpaired) electrons. The zero-order valence-electron chi connectivity index (χ0n) is 15.1. The molecule has 0 aliphatic rings. The number of para-hydroxylation sites is 1. The lowest BCUT2D eigenvalue weighted by Gasteiger charge is -2.12. The van der Waals surface area contributed by atoms with Gasteiger partial charge in [0.25, 0.3) is 5.91 Å². The highest BCUT2D eigenvalue weighted by Crippen LogP contribution is 2.22. The van der Waals surface area contributed by atoms with E-state index in [4.69, 9.17) is 4.74 Å². The number of nitrogens with one attached hydrogen (secondary N) is 1. The Morgan fingerprint density at radius 2 is 1.60 bits per heavy atom. The van der Waals surface area contributed by atoms with Gasteiger partial charge in [-0.25, -0.2) is 0 Å². The highest BCUT2D eigenvalue weighted by Gasteiger charge is 2.09. The maximum Gasteiger partial charge on any atom is 0.262 e. The van der Waals surface area contributed by atoms with Crippen LogP contribution in [0.5, 0.6) is 5.75 Å². The van der Waals surface area contributed by atoms with Crippen molar-refractivity contribution in [2.24, 2.45) is 0 Å². The van der Waals surface area contributed by atoms with Crippen molar-refractivity contribution in [2.75, 3.05) is 26.0 Å². The zero-order valence-corrected chi connectivity index (χ0v) is 15.1. The van der Waals surface area contributed by atoms with Crippen molar-refractivity contribution in [1.29, 1.82) is 0 Å². The van der Waals surface area contributed by atoms with Crippen molar-refractivity contribution in [3.05, 3.63) is 59.2 Å². The lowest BCUT2D eigenvalue weighted by molar-refractivity contribution is -0.128. The van der Waals surface area contributed by atoms with Crippen LogP contribution >= 0.6 is 0 Å². The summed E-state index contributed by atoms with van der Waals surface area (Å²) in [7, 11) is 3.46. The van der Waals surface area contributed by atoms with Crippen molar-refractivity contribution in [3.63, 3.8) is 0 Å². The molecule has 1 N–H and O–H groups in total. The van der Waals surface area contributed by atoms with E-state index in [0.717, 1.165) is 22.4 Å². The molecule has 2 rings (SSSR count). The summed E-state index contributed by atoms with van der Waals surface area (Å²) in [6.45, 7) is 3.86. The smallest absolute Gasteiger partial charge is 0.262 e. The first-order chi connectivity index (χ1) is 11.9. The zero-order chi connectivity index (χ0) is 18.4. The van der Waals surface area contributed by atoms with Gasteiger partial charge in [-0.1, -0.05) is 30.3 Å². The van der Waals surface area contributed by atoms with Gasteiger partial charge in [-0.2, -0.15) is 0 Å². The molecule has 0 saturated carbocycles. The molecule has 25 heavy (non-hydrogen) atoms. The van der Waals surface area contributed by atoms with Gasteiger partial charge in [-0.05, 0) is 42.7 Å². The maximum atomic E-state index is 12.1. The molecular weight excluding hydrogens is 316 g/mol. The van der Waals surface area contributed by atoms with Crippen LogP contribution in [0.1, 0.15) is 16.7 Å². The van der Waals surface area contributed by atoms with Crippen LogP contribution in [0.2, 0.25) is 0 Å². The van der Waals surface area contributed by atoms with Gasteiger partial charge >= 0.3 is 0 Å². The molecule has 0 saturated heterocycles. The van der Waals surface area contributed by atoms with E-state index >= 15 is 0 Å². The monoisotopic (exact) mass is 340 g/mol. The Balaban J connectivity index is 1.89. The molecular formula is C20H24N2O3. The van der Waals surface area contributed by atoms with Gasteiger partial charge in [0.2, 0.25) is 5.91 Å². The fourth-order valence-corrected chi connectivity index (χ4v) is 2.40. The van der Waals surface area contributed by atoms with E-state index in [9.17, 15) is 9.59 Å². The van der Waals surface area contributed by atoms with E-state index in [2.05, 4.69) is 5.32 Å². The second-order valence-electron chi connectivity index (χ2n) is 6.22. The molecule has 2 aromatic carbocycles. The van der Waals surface area contributed by atoms with Crippen molar-refractivity contribution in [1.82, 2.24) is 4.90 Å². The second-order valence-corrected chi connectivity index (χ2v) is 6.22. The van der Waals surface area contributed by atoms with Crippen molar-refractivity contribution in [3.8, 4) is 5.75 Å². The van der Waals surface area contributed by atoms with E-state index in [1.54, 1.807) is 31.1 Å². The van der Waals surface area contributed by atoms with Gasteiger partial charge < -0.3 is 15.0 Å². The van der Waals surface area contributed by atoms with Crippen LogP contribution in [0.25, 0.3) is 0 Å². The van der Waals surface area contributed by atoms with Crippen LogP contribution in [0, 0.1) is 13.8 Å². The number of aryl methyl sites for hydroxylation is 2. The van der Waals surface area contributed by atoms with Crippen LogP contribution in [-0.4, -0.2) is 37.4 Å². The van der Waals surface area contributed by atoms with Gasteiger partial charge in [0, 0.05) is 19.8 Å². The Morgan fingerprint density at radius 3 is 2.16 bits per heavy atom. The number of hydrogen-bond acceptors (Lipinski definition) is 3. The van der Waals surface area contributed by atoms with Crippen molar-refractivity contribution in [2.45, 2.75) is 20.3 Å². The van der Waals surface area contributed by atoms with E-state index in [0.29, 0.717) is 12.1 Å². The normalized spacial score (nSPS) is 10.2. The predicted octanol–water partition coefficient (Wildman–Crippen LogP) is 2.95. The summed E-state index contributed by atoms with van der Waals surface area (Å²) in [5.74, 6) is 0.564. The Hall–Kier alpha value is -2.82. The van der Waals surface area contributed by atoms with E-state index < -0.39 is 0 Å². The molecule has 0 aromatic heterocycles. The molecule has 132 valence electrons. The molecule has 2 aromatic rings. The van der Waals surface area contributed by atoms with Gasteiger partial charge in [0.05, 0.1) is 6.42 Å². The molecule has 5 heteroatoms. The van der Waals surface area contributed by atoms with E-state index in [-0.39, 0.29) is 18.4 Å². The number of nitrogens with zero attached hydrogens (tertiary/aromatic N) is 1. The predicted molar refractivity (Wildman–Crippen MR) is 98.9 cm³/mol. The number of likely N-dealkylation sites (N-methyl/N-ethyl adjacent to an activating group) is 1. The highest BCUT2D eigenvalue weighted by atomic mass is 16.5. The van der Waals surface area contributed by atoms with E-state index in [1.165, 1.54) is 0 Å². The molecule has 0 atom stereocenters. The summed E-state index contributed by atoms with van der Waals surface area (Å²) in [5, 5.41) is 2.80. The van der Waals surface area contributed by atoms with Crippen LogP contribution in [0.3, 0.4) is 0 Å². The molecule has 0 spiro atoms. The Morgan fingerprint density at radius 1 is 1.00 bits per heavy atom. The fourth-order valence-electron chi connectivity index (χ4n) is 2.40. The highest BCUT2D eigenvalue weighted by molar-refractivity contribution is 5.92. The first kappa shape index (κ1) is 18.5. The SMILES string of the molecule is Cc1cccc(C)c1OCC(=O)Nc1ccc(CC(=O)N(C)C)cc1. The number of rotatable bonds is 6. The number of hydrogen-bond donors (Lipinski definition) is 1. The van der Waals surface area contributed by atoms with Crippen LogP contribution < -0.4 is 10.1 Å². The number of anilines is 1. The molecule has 0 aliphatic heterocycles. The molecule has 0 bridgehead atoms. The standard InChI is InChI=1S/C20H24N2O3/c1-14-6-5-7-15(2)20(14)25-13-18(23)21-17-10-8-16(9-11-17)12-19(24)22(3)4/h5-11H,12-13H2,1-4H3,(H,21,23). The number of carbonyl (C=O) groups excluding carboxylic acids is 2. The summed E-state index contributed by atoms with van der Waals surface area (Å²) in [6.07, 6.45) is 0.344. The van der Waals surface area contributed by atoms with E-state index in [1.807, 2.05) is 44.2 Å². The van der Waals surface area contributed by atoms with Crippen LogP contribution in [-0.2, 0) is 16.0 Å². The minimum atomic E-state index is -0.222. The third-order valence-electron chi connectivity index (χ3n) is 3.85. The minimum Gasteiger partial charge on any atom is -0.483 e. The number of benzene rings is 2. The van der Waals surface area contributed by atoms with Crippen LogP contribution in [0.15, 0.2) is 42.5 Å². The van der Waals surface area contributed by atoms with Gasteiger partial charge in [-0.3, -0.25) is 9.59 Å². The fraction of sp³-hybridized carbons (Fsp3) is 0.300. The Bertz CT molecular complexity index is 732. The average Bonchev–Trinajstić information content (AvgIpc) is 2.56. The molecule has 0 aliphatic carbocycles. The second kappa shape index (κ2) is 8.33. The van der Waals surface area contributed by atoms with Crippen molar-refractivity contribution >= 4 is 17.5 Å². The summed E-state index contributed by atoms with van der Waals surface area (Å²) < 4.78 is 5.64. The van der Waals surface area contributed by atoms with Gasteiger partial charge in [-0.15, -0.1) is 0 Å². The third kappa shape index (κ3) is 5.35. The van der Waals surface area contributed by atoms with Crippen LogP contribution in [0.4, 0.5) is 5.69 Å². The topological polar surface area (TPSA) is 58.6 Å². The molecule has 0 heterocycles. The summed E-state index contributed by atoms with van der Waals surface area (Å²) >= 11 is 0. The quantitative estimate of drug-likeness (QED) is 0.879. The number of ether oxygens (including phenoxy) is 1. The minimum absolute atomic E-state index is 0.0405. The lowest BCUT2D eigenvalue weighted by Crippen LogP contribution is -2.23. The van der Waals surface area contributed by atoms with Crippen molar-refractivity contribution < 1.29 is 14.3 Å². The largest absolute Gasteiger partial charge is 0.483 e. The molecule has 0 fully saturated rings. The third-order valence-corrected chi connectivity index (χ3v) is 3.85. The number of amides is 2. The molecule has 5 nitrogen and oxygen atoms in total. The maximum absolute atomic E-state index is 12.1. The Labute approximate surface area is 148 Å². The molecule has 0 unspecified atom stereocenters. The lowest BCUT2D eigenvalue weighted by atomic mass is 10.1. The Kier molecular flexibility index (Phi) is 6.17. The van der Waals surface area contributed by atoms with Gasteiger partial charge in [0.1, 0.15) is 5.75 Å². The first-order valence-electron chi connectivity index (χ1n) is 8.15. The number of carbonyl (C=O) groups is 2.